The summed E-state index contributed by atoms with van der Waals surface area (Å²) in [5.41, 5.74) is 2.15. The smallest absolute Gasteiger partial charge is 0.326 e. The highest BCUT2D eigenvalue weighted by Gasteiger charge is 2.23. The monoisotopic (exact) mass is 249 g/mol. The number of carbonyl (C=O) groups is 1. The number of nitrogens with zero attached hydrogens (tertiary/aromatic N) is 2. The molecule has 0 fully saturated rings. The van der Waals surface area contributed by atoms with Crippen molar-refractivity contribution in [3.05, 3.63) is 17.6 Å². The van der Waals surface area contributed by atoms with Gasteiger partial charge < -0.3 is 10.4 Å². The number of nitrogens with one attached hydrogen (secondary N) is 1. The fourth-order valence-electron chi connectivity index (χ4n) is 2.34. The Labute approximate surface area is 107 Å². The normalized spacial score (nSPS) is 15.5. The van der Waals surface area contributed by atoms with Gasteiger partial charge in [-0.15, -0.1) is 0 Å². The van der Waals surface area contributed by atoms with Crippen molar-refractivity contribution in [3.8, 4) is 0 Å². The molecule has 2 N–H and O–H groups in total. The van der Waals surface area contributed by atoms with Crippen LogP contribution in [0.5, 0.6) is 0 Å². The van der Waals surface area contributed by atoms with Crippen molar-refractivity contribution >= 4 is 11.8 Å². The van der Waals surface area contributed by atoms with Gasteiger partial charge >= 0.3 is 5.97 Å². The van der Waals surface area contributed by atoms with Gasteiger partial charge in [0.25, 0.3) is 0 Å². The summed E-state index contributed by atoms with van der Waals surface area (Å²) >= 11 is 0. The predicted octanol–water partition coefficient (Wildman–Crippen LogP) is 1.88. The molecule has 1 aromatic rings. The Morgan fingerprint density at radius 1 is 1.44 bits per heavy atom. The van der Waals surface area contributed by atoms with Crippen LogP contribution >= 0.6 is 0 Å². The van der Waals surface area contributed by atoms with E-state index < -0.39 is 12.0 Å². The molecule has 1 aliphatic rings. The summed E-state index contributed by atoms with van der Waals surface area (Å²) < 4.78 is 0. The molecule has 0 saturated heterocycles. The number of aromatic nitrogens is 2. The van der Waals surface area contributed by atoms with E-state index in [4.69, 9.17) is 0 Å². The third-order valence-corrected chi connectivity index (χ3v) is 3.19. The van der Waals surface area contributed by atoms with Gasteiger partial charge in [-0.25, -0.2) is 14.8 Å². The van der Waals surface area contributed by atoms with Crippen molar-refractivity contribution in [1.82, 2.24) is 9.97 Å². The number of carboxylic acid groups (broad SMARTS) is 1. The van der Waals surface area contributed by atoms with E-state index in [1.165, 1.54) is 6.33 Å². The van der Waals surface area contributed by atoms with Crippen LogP contribution in [-0.4, -0.2) is 27.1 Å². The van der Waals surface area contributed by atoms with Crippen LogP contribution in [0.1, 0.15) is 37.9 Å². The van der Waals surface area contributed by atoms with E-state index in [1.54, 1.807) is 0 Å². The van der Waals surface area contributed by atoms with Crippen molar-refractivity contribution in [1.29, 1.82) is 0 Å². The van der Waals surface area contributed by atoms with E-state index in [9.17, 15) is 9.90 Å². The molecule has 0 amide bonds. The second kappa shape index (κ2) is 5.33. The maximum absolute atomic E-state index is 11.2. The molecule has 5 heteroatoms. The summed E-state index contributed by atoms with van der Waals surface area (Å²) in [4.78, 5) is 19.7. The van der Waals surface area contributed by atoms with E-state index >= 15 is 0 Å². The van der Waals surface area contributed by atoms with Crippen molar-refractivity contribution in [3.63, 3.8) is 0 Å². The number of carboxylic acids is 1. The molecule has 0 radical (unpaired) electrons. The lowest BCUT2D eigenvalue weighted by Gasteiger charge is -2.18. The minimum absolute atomic E-state index is 0.327. The summed E-state index contributed by atoms with van der Waals surface area (Å²) in [7, 11) is 0. The fraction of sp³-hybridized carbons (Fsp3) is 0.615. The number of aliphatic carboxylic acids is 1. The molecule has 1 aliphatic carbocycles. The van der Waals surface area contributed by atoms with Crippen LogP contribution in [-0.2, 0) is 17.6 Å². The van der Waals surface area contributed by atoms with Gasteiger partial charge in [-0.3, -0.25) is 0 Å². The Kier molecular flexibility index (Phi) is 3.79. The first-order chi connectivity index (χ1) is 8.58. The quantitative estimate of drug-likeness (QED) is 0.833. The first-order valence-corrected chi connectivity index (χ1v) is 6.40. The molecule has 0 bridgehead atoms. The molecular weight excluding hydrogens is 230 g/mol. The van der Waals surface area contributed by atoms with Gasteiger partial charge in [-0.2, -0.15) is 0 Å². The van der Waals surface area contributed by atoms with Crippen LogP contribution in [0.4, 0.5) is 5.82 Å². The summed E-state index contributed by atoms with van der Waals surface area (Å²) in [5, 5.41) is 12.3. The van der Waals surface area contributed by atoms with Gasteiger partial charge in [0.15, 0.2) is 0 Å². The van der Waals surface area contributed by atoms with Crippen molar-refractivity contribution in [2.75, 3.05) is 5.32 Å². The second-order valence-electron chi connectivity index (χ2n) is 5.17. The first-order valence-electron chi connectivity index (χ1n) is 6.40. The second-order valence-corrected chi connectivity index (χ2v) is 5.17. The van der Waals surface area contributed by atoms with Crippen LogP contribution in [0, 0.1) is 5.92 Å². The van der Waals surface area contributed by atoms with Crippen LogP contribution in [0.15, 0.2) is 6.33 Å². The summed E-state index contributed by atoms with van der Waals surface area (Å²) in [6.07, 6.45) is 5.08. The molecule has 0 spiro atoms. The Hall–Kier alpha value is -1.65. The average Bonchev–Trinajstić information content (AvgIpc) is 2.76. The van der Waals surface area contributed by atoms with Crippen LogP contribution < -0.4 is 5.32 Å². The molecule has 1 unspecified atom stereocenters. The largest absolute Gasteiger partial charge is 0.480 e. The van der Waals surface area contributed by atoms with Crippen LogP contribution in [0.2, 0.25) is 0 Å². The summed E-state index contributed by atoms with van der Waals surface area (Å²) in [6.45, 7) is 4.03. The highest BCUT2D eigenvalue weighted by molar-refractivity contribution is 5.77. The highest BCUT2D eigenvalue weighted by Crippen LogP contribution is 2.26. The maximum atomic E-state index is 11.2. The summed E-state index contributed by atoms with van der Waals surface area (Å²) in [6, 6.07) is -0.579. The standard InChI is InChI=1S/C13H19N3O2/c1-8(2)6-11(13(17)18)16-12-9-4-3-5-10(9)14-7-15-12/h7-8,11H,3-6H2,1-2H3,(H,17,18)(H,14,15,16). The third-order valence-electron chi connectivity index (χ3n) is 3.19. The lowest BCUT2D eigenvalue weighted by molar-refractivity contribution is -0.138. The number of hydrogen-bond donors (Lipinski definition) is 2. The van der Waals surface area contributed by atoms with Crippen LogP contribution in [0.3, 0.4) is 0 Å². The van der Waals surface area contributed by atoms with E-state index in [1.807, 2.05) is 13.8 Å². The van der Waals surface area contributed by atoms with E-state index in [0.717, 1.165) is 30.5 Å². The molecule has 98 valence electrons. The lowest BCUT2D eigenvalue weighted by atomic mass is 10.0. The Balaban J connectivity index is 2.17. The number of anilines is 1. The van der Waals surface area contributed by atoms with E-state index in [2.05, 4.69) is 15.3 Å². The molecule has 1 aromatic heterocycles. The third kappa shape index (κ3) is 2.78. The molecule has 5 nitrogen and oxygen atoms in total. The zero-order valence-corrected chi connectivity index (χ0v) is 10.8. The zero-order valence-electron chi connectivity index (χ0n) is 10.8. The molecule has 1 heterocycles. The molecule has 2 rings (SSSR count). The predicted molar refractivity (Wildman–Crippen MR) is 68.6 cm³/mol. The van der Waals surface area contributed by atoms with Gasteiger partial charge in [0.05, 0.1) is 0 Å². The maximum Gasteiger partial charge on any atom is 0.326 e. The summed E-state index contributed by atoms with van der Waals surface area (Å²) in [5.74, 6) is 0.202. The fourth-order valence-corrected chi connectivity index (χ4v) is 2.34. The molecule has 0 saturated carbocycles. The van der Waals surface area contributed by atoms with Crippen molar-refractivity contribution in [2.24, 2.45) is 5.92 Å². The minimum atomic E-state index is -0.825. The van der Waals surface area contributed by atoms with Gasteiger partial charge in [0, 0.05) is 11.3 Å². The average molecular weight is 249 g/mol. The van der Waals surface area contributed by atoms with Gasteiger partial charge in [0.2, 0.25) is 0 Å². The Morgan fingerprint density at radius 2 is 2.22 bits per heavy atom. The molecular formula is C13H19N3O2. The zero-order chi connectivity index (χ0) is 13.1. The number of rotatable bonds is 5. The van der Waals surface area contributed by atoms with Crippen molar-refractivity contribution in [2.45, 2.75) is 45.6 Å². The number of fused-ring (bicyclic) bond motifs is 1. The highest BCUT2D eigenvalue weighted by atomic mass is 16.4. The number of aryl methyl sites for hydroxylation is 1. The van der Waals surface area contributed by atoms with Gasteiger partial charge in [-0.05, 0) is 31.6 Å². The minimum Gasteiger partial charge on any atom is -0.480 e. The van der Waals surface area contributed by atoms with Crippen LogP contribution in [0.25, 0.3) is 0 Å². The molecule has 0 aromatic carbocycles. The van der Waals surface area contributed by atoms with Crippen molar-refractivity contribution < 1.29 is 9.90 Å². The number of hydrogen-bond acceptors (Lipinski definition) is 4. The first kappa shape index (κ1) is 12.8. The Morgan fingerprint density at radius 3 is 2.89 bits per heavy atom. The van der Waals surface area contributed by atoms with Gasteiger partial charge in [-0.1, -0.05) is 13.8 Å². The van der Waals surface area contributed by atoms with Gasteiger partial charge in [0.1, 0.15) is 18.2 Å². The Bertz CT molecular complexity index is 446. The molecule has 18 heavy (non-hydrogen) atoms. The molecule has 1 atom stereocenters. The van der Waals surface area contributed by atoms with E-state index in [0.29, 0.717) is 18.2 Å². The van der Waals surface area contributed by atoms with E-state index in [-0.39, 0.29) is 0 Å². The SMILES string of the molecule is CC(C)CC(Nc1ncnc2c1CCC2)C(=O)O. The molecule has 0 aliphatic heterocycles. The topological polar surface area (TPSA) is 75.1 Å². The lowest BCUT2D eigenvalue weighted by Crippen LogP contribution is -2.31.